The van der Waals surface area contributed by atoms with E-state index < -0.39 is 0 Å². The molecule has 2 amide bonds. The summed E-state index contributed by atoms with van der Waals surface area (Å²) in [6.07, 6.45) is 7.44. The maximum atomic E-state index is 11.9. The molecule has 1 saturated carbocycles. The highest BCUT2D eigenvalue weighted by molar-refractivity contribution is 5.95. The van der Waals surface area contributed by atoms with Crippen LogP contribution >= 0.6 is 0 Å². The summed E-state index contributed by atoms with van der Waals surface area (Å²) in [7, 11) is 0. The fourth-order valence-corrected chi connectivity index (χ4v) is 3.05. The van der Waals surface area contributed by atoms with Gasteiger partial charge in [-0.2, -0.15) is 0 Å². The smallest absolute Gasteiger partial charge is 0.243 e. The molecule has 120 valence electrons. The van der Waals surface area contributed by atoms with Crippen LogP contribution in [0.15, 0.2) is 24.3 Å². The number of nitrogens with one attached hydrogen (secondary N) is 2. The molecule has 4 heteroatoms. The summed E-state index contributed by atoms with van der Waals surface area (Å²) in [6, 6.07) is 7.74. The standard InChI is InChI=1S/C18H26N2O2/c1-2-15-9-5-6-10-16(15)20-18(22)13-19-17(21)12-11-14-7-3-4-8-14/h5-6,9-10,14H,2-4,7-8,11-13H2,1H3,(H,19,21)(H,20,22). The number of anilines is 1. The first-order valence-corrected chi connectivity index (χ1v) is 8.33. The number of carbonyl (C=O) groups is 2. The van der Waals surface area contributed by atoms with Gasteiger partial charge in [-0.15, -0.1) is 0 Å². The summed E-state index contributed by atoms with van der Waals surface area (Å²) in [4.78, 5) is 23.7. The van der Waals surface area contributed by atoms with Crippen LogP contribution in [-0.2, 0) is 16.0 Å². The highest BCUT2D eigenvalue weighted by atomic mass is 16.2. The van der Waals surface area contributed by atoms with Gasteiger partial charge in [0, 0.05) is 12.1 Å². The Morgan fingerprint density at radius 3 is 2.59 bits per heavy atom. The number of carbonyl (C=O) groups excluding carboxylic acids is 2. The molecule has 0 bridgehead atoms. The van der Waals surface area contributed by atoms with Crippen molar-refractivity contribution in [2.45, 2.75) is 51.9 Å². The molecule has 0 saturated heterocycles. The van der Waals surface area contributed by atoms with Crippen LogP contribution in [0.25, 0.3) is 0 Å². The second-order valence-corrected chi connectivity index (χ2v) is 6.02. The molecule has 0 unspecified atom stereocenters. The minimum Gasteiger partial charge on any atom is -0.347 e. The summed E-state index contributed by atoms with van der Waals surface area (Å²) in [5.41, 5.74) is 1.93. The van der Waals surface area contributed by atoms with Gasteiger partial charge in [0.2, 0.25) is 11.8 Å². The van der Waals surface area contributed by atoms with E-state index in [-0.39, 0.29) is 18.4 Å². The predicted octanol–water partition coefficient (Wildman–Crippen LogP) is 3.27. The van der Waals surface area contributed by atoms with Crippen molar-refractivity contribution in [2.24, 2.45) is 5.92 Å². The van der Waals surface area contributed by atoms with E-state index in [0.717, 1.165) is 24.1 Å². The Balaban J connectivity index is 1.69. The average Bonchev–Trinajstić information content (AvgIpc) is 3.05. The van der Waals surface area contributed by atoms with Gasteiger partial charge >= 0.3 is 0 Å². The third-order valence-corrected chi connectivity index (χ3v) is 4.37. The minimum atomic E-state index is -0.171. The molecule has 0 atom stereocenters. The highest BCUT2D eigenvalue weighted by Gasteiger charge is 2.16. The van der Waals surface area contributed by atoms with Crippen LogP contribution in [0.3, 0.4) is 0 Å². The average molecular weight is 302 g/mol. The molecule has 0 aliphatic heterocycles. The Labute approximate surface area is 132 Å². The van der Waals surface area contributed by atoms with E-state index in [1.54, 1.807) is 0 Å². The first kappa shape index (κ1) is 16.5. The minimum absolute atomic E-state index is 0.0224. The first-order chi connectivity index (χ1) is 10.7. The Hall–Kier alpha value is -1.84. The lowest BCUT2D eigenvalue weighted by molar-refractivity contribution is -0.124. The van der Waals surface area contributed by atoms with Gasteiger partial charge in [0.1, 0.15) is 0 Å². The quantitative estimate of drug-likeness (QED) is 0.812. The third-order valence-electron chi connectivity index (χ3n) is 4.37. The van der Waals surface area contributed by atoms with E-state index >= 15 is 0 Å². The lowest BCUT2D eigenvalue weighted by Gasteiger charge is -2.11. The van der Waals surface area contributed by atoms with Crippen molar-refractivity contribution in [1.82, 2.24) is 5.32 Å². The van der Waals surface area contributed by atoms with Gasteiger partial charge in [0.15, 0.2) is 0 Å². The van der Waals surface area contributed by atoms with Crippen LogP contribution in [0.4, 0.5) is 5.69 Å². The Morgan fingerprint density at radius 2 is 1.86 bits per heavy atom. The summed E-state index contributed by atoms with van der Waals surface area (Å²) in [5.74, 6) is 0.511. The van der Waals surface area contributed by atoms with E-state index in [1.165, 1.54) is 25.7 Å². The summed E-state index contributed by atoms with van der Waals surface area (Å²) in [5, 5.41) is 5.57. The molecule has 4 nitrogen and oxygen atoms in total. The van der Waals surface area contributed by atoms with Crippen LogP contribution in [0, 0.1) is 5.92 Å². The van der Waals surface area contributed by atoms with Gasteiger partial charge in [-0.05, 0) is 30.4 Å². The zero-order chi connectivity index (χ0) is 15.8. The van der Waals surface area contributed by atoms with Crippen molar-refractivity contribution >= 4 is 17.5 Å². The SMILES string of the molecule is CCc1ccccc1NC(=O)CNC(=O)CCC1CCCC1. The van der Waals surface area contributed by atoms with Crippen molar-refractivity contribution in [1.29, 1.82) is 0 Å². The van der Waals surface area contributed by atoms with E-state index in [0.29, 0.717) is 12.3 Å². The molecule has 1 aromatic rings. The predicted molar refractivity (Wildman–Crippen MR) is 88.7 cm³/mol. The number of hydrogen-bond acceptors (Lipinski definition) is 2. The molecule has 0 spiro atoms. The number of benzene rings is 1. The second-order valence-electron chi connectivity index (χ2n) is 6.02. The topological polar surface area (TPSA) is 58.2 Å². The number of amides is 2. The lowest BCUT2D eigenvalue weighted by atomic mass is 10.0. The molecule has 2 rings (SSSR count). The van der Waals surface area contributed by atoms with Crippen LogP contribution in [-0.4, -0.2) is 18.4 Å². The number of hydrogen-bond donors (Lipinski definition) is 2. The van der Waals surface area contributed by atoms with Gasteiger partial charge in [-0.25, -0.2) is 0 Å². The van der Waals surface area contributed by atoms with Gasteiger partial charge < -0.3 is 10.6 Å². The third kappa shape index (κ3) is 5.17. The van der Waals surface area contributed by atoms with Gasteiger partial charge in [0.05, 0.1) is 6.54 Å². The van der Waals surface area contributed by atoms with Crippen LogP contribution < -0.4 is 10.6 Å². The summed E-state index contributed by atoms with van der Waals surface area (Å²) >= 11 is 0. The molecular formula is C18H26N2O2. The van der Waals surface area contributed by atoms with Crippen LogP contribution in [0.5, 0.6) is 0 Å². The first-order valence-electron chi connectivity index (χ1n) is 8.33. The van der Waals surface area contributed by atoms with Gasteiger partial charge in [0.25, 0.3) is 0 Å². The van der Waals surface area contributed by atoms with Crippen LogP contribution in [0.1, 0.15) is 51.0 Å². The second kappa shape index (κ2) is 8.57. The Kier molecular flexibility index (Phi) is 6.44. The number of para-hydroxylation sites is 1. The van der Waals surface area contributed by atoms with E-state index in [2.05, 4.69) is 17.6 Å². The number of rotatable bonds is 7. The maximum Gasteiger partial charge on any atom is 0.243 e. The fraction of sp³-hybridized carbons (Fsp3) is 0.556. The molecule has 0 aromatic heterocycles. The zero-order valence-electron chi connectivity index (χ0n) is 13.4. The van der Waals surface area contributed by atoms with E-state index in [1.807, 2.05) is 24.3 Å². The monoisotopic (exact) mass is 302 g/mol. The molecule has 2 N–H and O–H groups in total. The van der Waals surface area contributed by atoms with Gasteiger partial charge in [-0.1, -0.05) is 50.8 Å². The van der Waals surface area contributed by atoms with Crippen molar-refractivity contribution in [3.63, 3.8) is 0 Å². The molecule has 1 aliphatic rings. The van der Waals surface area contributed by atoms with E-state index in [4.69, 9.17) is 0 Å². The summed E-state index contributed by atoms with van der Waals surface area (Å²) in [6.45, 7) is 2.09. The lowest BCUT2D eigenvalue weighted by Crippen LogP contribution is -2.33. The van der Waals surface area contributed by atoms with Crippen molar-refractivity contribution in [2.75, 3.05) is 11.9 Å². The maximum absolute atomic E-state index is 11.9. The Morgan fingerprint density at radius 1 is 1.14 bits per heavy atom. The Bertz CT molecular complexity index is 508. The van der Waals surface area contributed by atoms with Crippen molar-refractivity contribution < 1.29 is 9.59 Å². The fourth-order valence-electron chi connectivity index (χ4n) is 3.05. The molecule has 1 fully saturated rings. The van der Waals surface area contributed by atoms with Crippen molar-refractivity contribution in [3.05, 3.63) is 29.8 Å². The molecule has 1 aromatic carbocycles. The van der Waals surface area contributed by atoms with Gasteiger partial charge in [-0.3, -0.25) is 9.59 Å². The normalized spacial score (nSPS) is 14.8. The molecule has 0 radical (unpaired) electrons. The highest BCUT2D eigenvalue weighted by Crippen LogP contribution is 2.28. The molecular weight excluding hydrogens is 276 g/mol. The van der Waals surface area contributed by atoms with Crippen molar-refractivity contribution in [3.8, 4) is 0 Å². The molecule has 22 heavy (non-hydrogen) atoms. The molecule has 1 aliphatic carbocycles. The summed E-state index contributed by atoms with van der Waals surface area (Å²) < 4.78 is 0. The zero-order valence-corrected chi connectivity index (χ0v) is 13.4. The largest absolute Gasteiger partial charge is 0.347 e. The van der Waals surface area contributed by atoms with E-state index in [9.17, 15) is 9.59 Å². The van der Waals surface area contributed by atoms with Crippen LogP contribution in [0.2, 0.25) is 0 Å². The number of aryl methyl sites for hydroxylation is 1. The molecule has 0 heterocycles.